The van der Waals surface area contributed by atoms with E-state index < -0.39 is 11.7 Å². The molecule has 0 amide bonds. The van der Waals surface area contributed by atoms with Crippen LogP contribution in [0.2, 0.25) is 10.0 Å². The maximum atomic E-state index is 13.6. The Kier molecular flexibility index (Phi) is 5.24. The minimum Gasteiger partial charge on any atom is -0.383 e. The Morgan fingerprint density at radius 1 is 1.07 bits per heavy atom. The molecule has 0 unspecified atom stereocenters. The largest absolute Gasteiger partial charge is 0.417 e. The number of nitrogen functional groups attached to an aromatic ring is 1. The molecule has 3 aromatic rings. The molecule has 28 heavy (non-hydrogen) atoms. The number of pyridine rings is 1. The monoisotopic (exact) mass is 421 g/mol. The van der Waals surface area contributed by atoms with Gasteiger partial charge >= 0.3 is 6.18 Å². The lowest BCUT2D eigenvalue weighted by Crippen LogP contribution is -2.10. The number of rotatable bonds is 2. The van der Waals surface area contributed by atoms with E-state index in [1.807, 2.05) is 6.07 Å². The summed E-state index contributed by atoms with van der Waals surface area (Å²) in [5, 5.41) is 10.2. The van der Waals surface area contributed by atoms with Crippen LogP contribution in [0.15, 0.2) is 42.5 Å². The molecule has 0 aliphatic heterocycles. The zero-order valence-electron chi connectivity index (χ0n) is 14.4. The van der Waals surface area contributed by atoms with E-state index in [0.717, 1.165) is 6.07 Å². The zero-order chi connectivity index (χ0) is 20.6. The summed E-state index contributed by atoms with van der Waals surface area (Å²) in [5.41, 5.74) is 5.95. The number of anilines is 1. The summed E-state index contributed by atoms with van der Waals surface area (Å²) in [7, 11) is 0. The molecule has 0 aliphatic carbocycles. The fourth-order valence-corrected chi connectivity index (χ4v) is 3.53. The Balaban J connectivity index is 2.41. The van der Waals surface area contributed by atoms with E-state index in [1.165, 1.54) is 24.3 Å². The van der Waals surface area contributed by atoms with Crippen LogP contribution in [0.3, 0.4) is 0 Å². The van der Waals surface area contributed by atoms with Crippen molar-refractivity contribution in [3.8, 4) is 28.5 Å². The maximum Gasteiger partial charge on any atom is 0.417 e. The Morgan fingerprint density at radius 2 is 1.75 bits per heavy atom. The minimum atomic E-state index is -4.61. The highest BCUT2D eigenvalue weighted by Gasteiger charge is 2.35. The van der Waals surface area contributed by atoms with Gasteiger partial charge in [0, 0.05) is 16.1 Å². The Bertz CT molecular complexity index is 1120. The molecule has 1 aromatic heterocycles. The number of benzene rings is 2. The lowest BCUT2D eigenvalue weighted by molar-refractivity contribution is -0.137. The normalized spacial score (nSPS) is 11.3. The van der Waals surface area contributed by atoms with Crippen LogP contribution in [0.5, 0.6) is 0 Å². The fourth-order valence-electron chi connectivity index (χ4n) is 3.04. The van der Waals surface area contributed by atoms with Gasteiger partial charge in [0.1, 0.15) is 17.5 Å². The third-order valence-electron chi connectivity index (χ3n) is 4.27. The highest BCUT2D eigenvalue weighted by Crippen LogP contribution is 2.43. The molecular weight excluding hydrogens is 410 g/mol. The number of nitriles is 1. The summed E-state index contributed by atoms with van der Waals surface area (Å²) in [4.78, 5) is 4.23. The molecule has 2 aromatic carbocycles. The predicted molar refractivity (Wildman–Crippen MR) is 104 cm³/mol. The molecule has 3 nitrogen and oxygen atoms in total. The third kappa shape index (κ3) is 3.51. The van der Waals surface area contributed by atoms with E-state index in [1.54, 1.807) is 19.1 Å². The summed E-state index contributed by atoms with van der Waals surface area (Å²) < 4.78 is 40.7. The molecule has 1 heterocycles. The van der Waals surface area contributed by atoms with Gasteiger partial charge in [0.25, 0.3) is 0 Å². The first-order valence-electron chi connectivity index (χ1n) is 7.97. The quantitative estimate of drug-likeness (QED) is 0.513. The molecule has 3 rings (SSSR count). The second kappa shape index (κ2) is 7.34. The van der Waals surface area contributed by atoms with Crippen LogP contribution < -0.4 is 5.73 Å². The molecule has 0 bridgehead atoms. The van der Waals surface area contributed by atoms with Gasteiger partial charge in [-0.3, -0.25) is 0 Å². The van der Waals surface area contributed by atoms with Crippen LogP contribution in [-0.2, 0) is 6.18 Å². The van der Waals surface area contributed by atoms with E-state index in [0.29, 0.717) is 16.1 Å². The summed E-state index contributed by atoms with van der Waals surface area (Å²) in [6.45, 7) is 1.58. The lowest BCUT2D eigenvalue weighted by atomic mass is 9.90. The van der Waals surface area contributed by atoms with Crippen molar-refractivity contribution in [3.05, 3.63) is 69.2 Å². The summed E-state index contributed by atoms with van der Waals surface area (Å²) >= 11 is 12.2. The van der Waals surface area contributed by atoms with Gasteiger partial charge in [-0.25, -0.2) is 4.98 Å². The standard InChI is InChI=1S/C20H12Cl2F3N3/c1-10-17(12-4-2-3-5-15(12)20(23,24)25)14(9-26)19(27)28-18(10)13-7-6-11(21)8-16(13)22/h2-8H,1H3,(H2,27,28). The summed E-state index contributed by atoms with van der Waals surface area (Å²) in [6, 6.07) is 11.6. The molecule has 0 atom stereocenters. The van der Waals surface area contributed by atoms with Gasteiger partial charge in [0.15, 0.2) is 0 Å². The molecule has 0 aliphatic rings. The van der Waals surface area contributed by atoms with Crippen molar-refractivity contribution in [2.24, 2.45) is 0 Å². The van der Waals surface area contributed by atoms with Crippen molar-refractivity contribution in [3.63, 3.8) is 0 Å². The highest BCUT2D eigenvalue weighted by atomic mass is 35.5. The Hall–Kier alpha value is -2.75. The van der Waals surface area contributed by atoms with E-state index in [9.17, 15) is 18.4 Å². The van der Waals surface area contributed by atoms with Crippen LogP contribution in [0.25, 0.3) is 22.4 Å². The topological polar surface area (TPSA) is 62.7 Å². The number of hydrogen-bond donors (Lipinski definition) is 1. The third-order valence-corrected chi connectivity index (χ3v) is 4.82. The number of halogens is 5. The SMILES string of the molecule is Cc1c(-c2ccc(Cl)cc2Cl)nc(N)c(C#N)c1-c1ccccc1C(F)(F)F. The number of nitrogens with two attached hydrogens (primary N) is 1. The van der Waals surface area contributed by atoms with Crippen LogP contribution in [0.4, 0.5) is 19.0 Å². The van der Waals surface area contributed by atoms with Crippen molar-refractivity contribution in [2.45, 2.75) is 13.1 Å². The van der Waals surface area contributed by atoms with Crippen LogP contribution in [0.1, 0.15) is 16.7 Å². The highest BCUT2D eigenvalue weighted by molar-refractivity contribution is 6.36. The lowest BCUT2D eigenvalue weighted by Gasteiger charge is -2.19. The van der Waals surface area contributed by atoms with Crippen LogP contribution in [0, 0.1) is 18.3 Å². The van der Waals surface area contributed by atoms with Gasteiger partial charge in [-0.15, -0.1) is 0 Å². The van der Waals surface area contributed by atoms with Crippen molar-refractivity contribution in [1.29, 1.82) is 5.26 Å². The van der Waals surface area contributed by atoms with Gasteiger partial charge in [0.05, 0.1) is 16.3 Å². The maximum absolute atomic E-state index is 13.6. The fraction of sp³-hybridized carbons (Fsp3) is 0.100. The predicted octanol–water partition coefficient (Wildman–Crippen LogP) is 6.50. The number of hydrogen-bond acceptors (Lipinski definition) is 3. The average Bonchev–Trinajstić information content (AvgIpc) is 2.62. The van der Waals surface area contributed by atoms with E-state index in [2.05, 4.69) is 4.98 Å². The molecule has 2 N–H and O–H groups in total. The number of aromatic nitrogens is 1. The van der Waals surface area contributed by atoms with Gasteiger partial charge in [-0.2, -0.15) is 18.4 Å². The van der Waals surface area contributed by atoms with Crippen molar-refractivity contribution >= 4 is 29.0 Å². The van der Waals surface area contributed by atoms with Crippen LogP contribution >= 0.6 is 23.2 Å². The van der Waals surface area contributed by atoms with Gasteiger partial charge in [-0.1, -0.05) is 41.4 Å². The summed E-state index contributed by atoms with van der Waals surface area (Å²) in [6.07, 6.45) is -4.61. The molecule has 8 heteroatoms. The molecule has 142 valence electrons. The van der Waals surface area contributed by atoms with Crippen LogP contribution in [-0.4, -0.2) is 4.98 Å². The first-order valence-corrected chi connectivity index (χ1v) is 8.73. The first-order chi connectivity index (χ1) is 13.1. The van der Waals surface area contributed by atoms with E-state index >= 15 is 0 Å². The Morgan fingerprint density at radius 3 is 2.36 bits per heavy atom. The first kappa shape index (κ1) is 20.0. The summed E-state index contributed by atoms with van der Waals surface area (Å²) in [5.74, 6) is -0.180. The second-order valence-corrected chi connectivity index (χ2v) is 6.84. The molecule has 0 spiro atoms. The number of nitrogens with zero attached hydrogens (tertiary/aromatic N) is 2. The minimum absolute atomic E-state index is 0.0731. The van der Waals surface area contributed by atoms with Crippen molar-refractivity contribution < 1.29 is 13.2 Å². The molecule has 0 saturated carbocycles. The average molecular weight is 422 g/mol. The van der Waals surface area contributed by atoms with E-state index in [4.69, 9.17) is 28.9 Å². The smallest absolute Gasteiger partial charge is 0.383 e. The van der Waals surface area contributed by atoms with E-state index in [-0.39, 0.29) is 33.2 Å². The molecule has 0 radical (unpaired) electrons. The molecular formula is C20H12Cl2F3N3. The van der Waals surface area contributed by atoms with Gasteiger partial charge < -0.3 is 5.73 Å². The van der Waals surface area contributed by atoms with Gasteiger partial charge in [-0.05, 0) is 42.3 Å². The van der Waals surface area contributed by atoms with Crippen molar-refractivity contribution in [2.75, 3.05) is 5.73 Å². The van der Waals surface area contributed by atoms with Gasteiger partial charge in [0.2, 0.25) is 0 Å². The second-order valence-electron chi connectivity index (χ2n) is 6.00. The molecule has 0 fully saturated rings. The Labute approximate surface area is 169 Å². The van der Waals surface area contributed by atoms with Crippen molar-refractivity contribution in [1.82, 2.24) is 4.98 Å². The molecule has 0 saturated heterocycles. The number of alkyl halides is 3. The zero-order valence-corrected chi connectivity index (χ0v) is 15.9.